The molecule has 208 valence electrons. The number of hydrogen-bond acceptors (Lipinski definition) is 4. The second-order valence-corrected chi connectivity index (χ2v) is 9.74. The smallest absolute Gasteiger partial charge is 0.323 e. The lowest BCUT2D eigenvalue weighted by atomic mass is 10.00. The van der Waals surface area contributed by atoms with Gasteiger partial charge in [-0.2, -0.15) is 0 Å². The minimum absolute atomic E-state index is 0.0760. The summed E-state index contributed by atoms with van der Waals surface area (Å²) < 4.78 is 13.3. The van der Waals surface area contributed by atoms with E-state index < -0.39 is 11.9 Å². The first kappa shape index (κ1) is 28.5. The van der Waals surface area contributed by atoms with Crippen molar-refractivity contribution in [3.05, 3.63) is 95.2 Å². The average Bonchev–Trinajstić information content (AvgIpc) is 3.27. The molecule has 0 spiro atoms. The number of carboxylic acid groups (broad SMARTS) is 2. The van der Waals surface area contributed by atoms with E-state index >= 15 is 0 Å². The Balaban J connectivity index is 1.39. The summed E-state index contributed by atoms with van der Waals surface area (Å²) in [5, 5.41) is 19.5. The van der Waals surface area contributed by atoms with Gasteiger partial charge in [0.1, 0.15) is 18.0 Å². The number of ether oxygens (including phenoxy) is 2. The van der Waals surface area contributed by atoms with E-state index in [0.717, 1.165) is 57.5 Å². The molecule has 0 bridgehead atoms. The molecule has 0 radical (unpaired) electrons. The van der Waals surface area contributed by atoms with Crippen LogP contribution in [0.3, 0.4) is 0 Å². The van der Waals surface area contributed by atoms with Gasteiger partial charge in [0.15, 0.2) is 0 Å². The van der Waals surface area contributed by atoms with E-state index in [2.05, 4.69) is 0 Å². The van der Waals surface area contributed by atoms with Crippen LogP contribution in [0.5, 0.6) is 11.5 Å². The molecule has 0 fully saturated rings. The van der Waals surface area contributed by atoms with E-state index in [0.29, 0.717) is 26.1 Å². The monoisotopic (exact) mass is 541 g/mol. The van der Waals surface area contributed by atoms with Gasteiger partial charge in [-0.05, 0) is 73.6 Å². The van der Waals surface area contributed by atoms with Crippen molar-refractivity contribution in [1.29, 1.82) is 0 Å². The normalized spacial score (nSPS) is 11.2. The molecular weight excluding hydrogens is 506 g/mol. The number of fused-ring (bicyclic) bond motifs is 1. The van der Waals surface area contributed by atoms with E-state index in [9.17, 15) is 14.7 Å². The van der Waals surface area contributed by atoms with Crippen molar-refractivity contribution in [2.45, 2.75) is 45.6 Å². The molecule has 2 N–H and O–H groups in total. The highest BCUT2D eigenvalue weighted by Gasteiger charge is 2.15. The van der Waals surface area contributed by atoms with Gasteiger partial charge in [0, 0.05) is 23.6 Å². The molecular formula is C33H35NO6. The van der Waals surface area contributed by atoms with Gasteiger partial charge in [0.25, 0.3) is 0 Å². The fraction of sp³-hybridized carbons (Fsp3) is 0.273. The summed E-state index contributed by atoms with van der Waals surface area (Å²) in [4.78, 5) is 22.6. The molecule has 3 aromatic carbocycles. The highest BCUT2D eigenvalue weighted by molar-refractivity contribution is 5.95. The number of aryl methyl sites for hydroxylation is 2. The topological polar surface area (TPSA) is 98.0 Å². The minimum atomic E-state index is -0.926. The molecule has 0 aliphatic carbocycles. The molecule has 0 aliphatic rings. The molecule has 0 amide bonds. The Labute approximate surface area is 234 Å². The SMILES string of the molecule is Cc1ccc2c(CCCC(=O)O)cn(CC(=O)O)c2c1C=Cc1ccc(OCCCCOc2ccccc2)cc1. The first-order valence-corrected chi connectivity index (χ1v) is 13.5. The van der Waals surface area contributed by atoms with E-state index in [1.807, 2.05) is 92.0 Å². The predicted octanol–water partition coefficient (Wildman–Crippen LogP) is 6.85. The third-order valence-corrected chi connectivity index (χ3v) is 6.66. The molecule has 0 saturated carbocycles. The maximum atomic E-state index is 11.6. The van der Waals surface area contributed by atoms with Crippen LogP contribution >= 0.6 is 0 Å². The van der Waals surface area contributed by atoms with Crippen LogP contribution in [-0.4, -0.2) is 39.9 Å². The van der Waals surface area contributed by atoms with Crippen LogP contribution in [0.4, 0.5) is 0 Å². The lowest BCUT2D eigenvalue weighted by Crippen LogP contribution is -2.08. The summed E-state index contributed by atoms with van der Waals surface area (Å²) in [6.07, 6.45) is 8.81. The van der Waals surface area contributed by atoms with Gasteiger partial charge in [0.05, 0.1) is 18.7 Å². The van der Waals surface area contributed by atoms with Gasteiger partial charge in [-0.1, -0.05) is 54.6 Å². The van der Waals surface area contributed by atoms with Crippen molar-refractivity contribution >= 4 is 35.0 Å². The number of carbonyl (C=O) groups is 2. The average molecular weight is 542 g/mol. The highest BCUT2D eigenvalue weighted by Crippen LogP contribution is 2.30. The van der Waals surface area contributed by atoms with Crippen molar-refractivity contribution in [2.75, 3.05) is 13.2 Å². The lowest BCUT2D eigenvalue weighted by Gasteiger charge is -2.09. The molecule has 0 saturated heterocycles. The van der Waals surface area contributed by atoms with Gasteiger partial charge in [-0.3, -0.25) is 9.59 Å². The fourth-order valence-corrected chi connectivity index (χ4v) is 4.67. The standard InChI is InChI=1S/C33H35NO6/c1-24-12-18-30-26(8-7-11-31(35)36)22-34(23-32(37)38)33(30)29(24)19-15-25-13-16-28(17-14-25)40-21-6-5-20-39-27-9-3-2-4-10-27/h2-4,9-10,12-19,22H,5-8,11,20-21,23H2,1H3,(H,35,36)(H,37,38). The zero-order chi connectivity index (χ0) is 28.3. The third-order valence-electron chi connectivity index (χ3n) is 6.66. The summed E-state index contributed by atoms with van der Waals surface area (Å²) in [6, 6.07) is 21.7. The predicted molar refractivity (Wildman–Crippen MR) is 157 cm³/mol. The molecule has 0 aliphatic heterocycles. The van der Waals surface area contributed by atoms with Crippen molar-refractivity contribution in [1.82, 2.24) is 4.57 Å². The summed E-state index contributed by atoms with van der Waals surface area (Å²) in [7, 11) is 0. The minimum Gasteiger partial charge on any atom is -0.494 e. The van der Waals surface area contributed by atoms with Crippen molar-refractivity contribution in [2.24, 2.45) is 0 Å². The second kappa shape index (κ2) is 14.0. The van der Waals surface area contributed by atoms with Gasteiger partial charge in [-0.15, -0.1) is 0 Å². The first-order valence-electron chi connectivity index (χ1n) is 13.5. The van der Waals surface area contributed by atoms with Crippen molar-refractivity contribution < 1.29 is 29.3 Å². The van der Waals surface area contributed by atoms with Crippen molar-refractivity contribution in [3.8, 4) is 11.5 Å². The summed E-state index contributed by atoms with van der Waals surface area (Å²) in [6.45, 7) is 3.11. The Morgan fingerprint density at radius 2 is 1.48 bits per heavy atom. The number of para-hydroxylation sites is 1. The number of carboxylic acids is 2. The number of nitrogens with zero attached hydrogens (tertiary/aromatic N) is 1. The van der Waals surface area contributed by atoms with Gasteiger partial charge in [0.2, 0.25) is 0 Å². The molecule has 7 heteroatoms. The zero-order valence-electron chi connectivity index (χ0n) is 22.7. The molecule has 7 nitrogen and oxygen atoms in total. The lowest BCUT2D eigenvalue weighted by molar-refractivity contribution is -0.138. The van der Waals surface area contributed by atoms with E-state index in [1.165, 1.54) is 0 Å². The number of aliphatic carboxylic acids is 2. The Morgan fingerprint density at radius 1 is 0.800 bits per heavy atom. The van der Waals surface area contributed by atoms with E-state index in [1.54, 1.807) is 4.57 Å². The molecule has 0 unspecified atom stereocenters. The summed E-state index contributed by atoms with van der Waals surface area (Å²) in [5.41, 5.74) is 4.78. The highest BCUT2D eigenvalue weighted by atomic mass is 16.5. The van der Waals surface area contributed by atoms with Crippen LogP contribution in [0.1, 0.15) is 47.9 Å². The first-order chi connectivity index (χ1) is 19.4. The second-order valence-electron chi connectivity index (χ2n) is 9.74. The molecule has 1 aromatic heterocycles. The van der Waals surface area contributed by atoms with E-state index in [4.69, 9.17) is 14.6 Å². The molecule has 40 heavy (non-hydrogen) atoms. The van der Waals surface area contributed by atoms with Crippen LogP contribution in [0.15, 0.2) is 72.9 Å². The maximum Gasteiger partial charge on any atom is 0.323 e. The summed E-state index contributed by atoms with van der Waals surface area (Å²) in [5.74, 6) is -0.0752. The largest absolute Gasteiger partial charge is 0.494 e. The molecule has 4 aromatic rings. The van der Waals surface area contributed by atoms with Crippen molar-refractivity contribution in [3.63, 3.8) is 0 Å². The van der Waals surface area contributed by atoms with Gasteiger partial charge in [-0.25, -0.2) is 0 Å². The van der Waals surface area contributed by atoms with Crippen LogP contribution in [0, 0.1) is 6.92 Å². The third kappa shape index (κ3) is 7.99. The Bertz CT molecular complexity index is 1450. The number of aromatic nitrogens is 1. The van der Waals surface area contributed by atoms with Crippen LogP contribution in [0.2, 0.25) is 0 Å². The van der Waals surface area contributed by atoms with Crippen LogP contribution < -0.4 is 9.47 Å². The fourth-order valence-electron chi connectivity index (χ4n) is 4.67. The maximum absolute atomic E-state index is 11.6. The zero-order valence-corrected chi connectivity index (χ0v) is 22.7. The van der Waals surface area contributed by atoms with E-state index in [-0.39, 0.29) is 13.0 Å². The Morgan fingerprint density at radius 3 is 2.12 bits per heavy atom. The molecule has 0 atom stereocenters. The molecule has 4 rings (SSSR count). The number of hydrogen-bond donors (Lipinski definition) is 2. The number of benzene rings is 3. The Hall–Kier alpha value is -4.52. The summed E-state index contributed by atoms with van der Waals surface area (Å²) >= 11 is 0. The van der Waals surface area contributed by atoms with Crippen LogP contribution in [-0.2, 0) is 22.6 Å². The molecule has 1 heterocycles. The number of unbranched alkanes of at least 4 members (excludes halogenated alkanes) is 1. The number of rotatable bonds is 15. The van der Waals surface area contributed by atoms with Crippen LogP contribution in [0.25, 0.3) is 23.1 Å². The quantitative estimate of drug-likeness (QED) is 0.126. The van der Waals surface area contributed by atoms with Gasteiger partial charge < -0.3 is 24.3 Å². The Kier molecular flexibility index (Phi) is 9.99. The van der Waals surface area contributed by atoms with Gasteiger partial charge >= 0.3 is 11.9 Å².